The Morgan fingerprint density at radius 3 is 2.75 bits per heavy atom. The molecule has 1 atom stereocenters. The summed E-state index contributed by atoms with van der Waals surface area (Å²) in [5.41, 5.74) is 1.46. The van der Waals surface area contributed by atoms with Crippen LogP contribution in [0.2, 0.25) is 0 Å². The fourth-order valence-corrected chi connectivity index (χ4v) is 3.47. The highest BCUT2D eigenvalue weighted by atomic mass is 16.5. The van der Waals surface area contributed by atoms with E-state index < -0.39 is 0 Å². The maximum atomic E-state index is 12.6. The number of nitrogens with one attached hydrogen (secondary N) is 1. The van der Waals surface area contributed by atoms with Crippen molar-refractivity contribution in [3.63, 3.8) is 0 Å². The highest BCUT2D eigenvalue weighted by Crippen LogP contribution is 2.22. The van der Waals surface area contributed by atoms with Gasteiger partial charge in [-0.3, -0.25) is 14.6 Å². The molecular formula is C20H23N5O3. The molecule has 146 valence electrons. The van der Waals surface area contributed by atoms with E-state index in [4.69, 9.17) is 4.74 Å². The zero-order chi connectivity index (χ0) is 19.3. The van der Waals surface area contributed by atoms with E-state index in [1.54, 1.807) is 17.3 Å². The van der Waals surface area contributed by atoms with Crippen molar-refractivity contribution in [2.75, 3.05) is 43.1 Å². The van der Waals surface area contributed by atoms with Gasteiger partial charge in [-0.2, -0.15) is 0 Å². The Bertz CT molecular complexity index is 821. The number of hydrogen-bond donors (Lipinski definition) is 1. The van der Waals surface area contributed by atoms with Gasteiger partial charge < -0.3 is 19.9 Å². The summed E-state index contributed by atoms with van der Waals surface area (Å²) in [4.78, 5) is 37.4. The molecule has 4 rings (SSSR count). The number of carbonyl (C=O) groups excluding carboxylic acids is 2. The predicted molar refractivity (Wildman–Crippen MR) is 104 cm³/mol. The third kappa shape index (κ3) is 4.28. The molecule has 1 N–H and O–H groups in total. The molecule has 2 aromatic heterocycles. The molecule has 0 aliphatic carbocycles. The van der Waals surface area contributed by atoms with Crippen molar-refractivity contribution < 1.29 is 14.3 Å². The van der Waals surface area contributed by atoms with E-state index in [0.29, 0.717) is 32.0 Å². The summed E-state index contributed by atoms with van der Waals surface area (Å²) >= 11 is 0. The van der Waals surface area contributed by atoms with Crippen molar-refractivity contribution >= 4 is 23.3 Å². The first-order valence-electron chi connectivity index (χ1n) is 9.46. The van der Waals surface area contributed by atoms with E-state index in [0.717, 1.165) is 24.6 Å². The Labute approximate surface area is 163 Å². The number of carbonyl (C=O) groups is 2. The fraction of sp³-hybridized carbons (Fsp3) is 0.400. The number of ether oxygens (including phenoxy) is 1. The summed E-state index contributed by atoms with van der Waals surface area (Å²) in [6, 6.07) is 9.35. The number of pyridine rings is 2. The fourth-order valence-electron chi connectivity index (χ4n) is 3.47. The number of morpholine rings is 1. The molecule has 0 radical (unpaired) electrons. The van der Waals surface area contributed by atoms with Crippen molar-refractivity contribution in [1.82, 2.24) is 14.9 Å². The summed E-state index contributed by atoms with van der Waals surface area (Å²) in [6.45, 7) is 3.86. The van der Waals surface area contributed by atoms with Crippen molar-refractivity contribution in [2.24, 2.45) is 5.92 Å². The Kier molecular flexibility index (Phi) is 5.48. The highest BCUT2D eigenvalue weighted by molar-refractivity contribution is 5.97. The number of amides is 2. The third-order valence-corrected chi connectivity index (χ3v) is 5.01. The summed E-state index contributed by atoms with van der Waals surface area (Å²) < 4.78 is 5.35. The highest BCUT2D eigenvalue weighted by Gasteiger charge is 2.34. The molecule has 4 heterocycles. The van der Waals surface area contributed by atoms with Crippen molar-refractivity contribution in [3.05, 3.63) is 48.4 Å². The van der Waals surface area contributed by atoms with Gasteiger partial charge in [0.15, 0.2) is 0 Å². The van der Waals surface area contributed by atoms with E-state index in [1.807, 2.05) is 30.3 Å². The minimum absolute atomic E-state index is 0.0217. The number of hydrogen-bond acceptors (Lipinski definition) is 6. The van der Waals surface area contributed by atoms with Gasteiger partial charge in [-0.15, -0.1) is 0 Å². The summed E-state index contributed by atoms with van der Waals surface area (Å²) in [5.74, 6) is 0.332. The van der Waals surface area contributed by atoms with Crippen LogP contribution in [0.5, 0.6) is 0 Å². The van der Waals surface area contributed by atoms with Gasteiger partial charge in [0, 0.05) is 32.3 Å². The summed E-state index contributed by atoms with van der Waals surface area (Å²) in [7, 11) is 0. The van der Waals surface area contributed by atoms with E-state index in [-0.39, 0.29) is 24.2 Å². The molecule has 2 fully saturated rings. The maximum Gasteiger partial charge on any atom is 0.229 e. The smallest absolute Gasteiger partial charge is 0.229 e. The van der Waals surface area contributed by atoms with Gasteiger partial charge >= 0.3 is 0 Å². The SMILES string of the molecule is O=C(Nc1ccc(N2CCOCC2)nc1)C1CC(=O)N(Cc2ccccn2)C1. The quantitative estimate of drug-likeness (QED) is 0.840. The molecule has 2 saturated heterocycles. The third-order valence-electron chi connectivity index (χ3n) is 5.01. The van der Waals surface area contributed by atoms with Crippen LogP contribution in [0.1, 0.15) is 12.1 Å². The second-order valence-corrected chi connectivity index (χ2v) is 6.99. The van der Waals surface area contributed by atoms with Crippen molar-refractivity contribution in [1.29, 1.82) is 0 Å². The zero-order valence-corrected chi connectivity index (χ0v) is 15.6. The lowest BCUT2D eigenvalue weighted by atomic mass is 10.1. The van der Waals surface area contributed by atoms with Crippen LogP contribution in [0, 0.1) is 5.92 Å². The van der Waals surface area contributed by atoms with E-state index in [2.05, 4.69) is 20.2 Å². The lowest BCUT2D eigenvalue weighted by Gasteiger charge is -2.27. The van der Waals surface area contributed by atoms with Gasteiger partial charge in [-0.05, 0) is 24.3 Å². The molecule has 0 saturated carbocycles. The van der Waals surface area contributed by atoms with Crippen LogP contribution in [-0.4, -0.2) is 59.5 Å². The van der Waals surface area contributed by atoms with Gasteiger partial charge in [0.25, 0.3) is 0 Å². The average Bonchev–Trinajstić information content (AvgIpc) is 3.10. The average molecular weight is 381 g/mol. The lowest BCUT2D eigenvalue weighted by molar-refractivity contribution is -0.128. The standard InChI is InChI=1S/C20H23N5O3/c26-19-11-15(13-25(19)14-17-3-1-2-6-21-17)20(27)23-16-4-5-18(22-12-16)24-7-9-28-10-8-24/h1-6,12,15H,7-11,13-14H2,(H,23,27). The van der Waals surface area contributed by atoms with Crippen LogP contribution in [-0.2, 0) is 20.9 Å². The van der Waals surface area contributed by atoms with Crippen LogP contribution >= 0.6 is 0 Å². The minimum Gasteiger partial charge on any atom is -0.378 e. The molecule has 2 aliphatic rings. The Hall–Kier alpha value is -3.00. The first-order chi connectivity index (χ1) is 13.7. The molecule has 28 heavy (non-hydrogen) atoms. The minimum atomic E-state index is -0.366. The number of rotatable bonds is 5. The lowest BCUT2D eigenvalue weighted by Crippen LogP contribution is -2.36. The second-order valence-electron chi connectivity index (χ2n) is 6.99. The van der Waals surface area contributed by atoms with Crippen molar-refractivity contribution in [3.8, 4) is 0 Å². The number of aromatic nitrogens is 2. The normalized spacial score (nSPS) is 19.7. The largest absolute Gasteiger partial charge is 0.378 e. The Morgan fingerprint density at radius 1 is 1.18 bits per heavy atom. The first-order valence-corrected chi connectivity index (χ1v) is 9.46. The molecule has 1 unspecified atom stereocenters. The van der Waals surface area contributed by atoms with E-state index in [9.17, 15) is 9.59 Å². The molecular weight excluding hydrogens is 358 g/mol. The summed E-state index contributed by atoms with van der Waals surface area (Å²) in [5, 5.41) is 2.88. The van der Waals surface area contributed by atoms with Gasteiger partial charge in [-0.25, -0.2) is 4.98 Å². The molecule has 0 bridgehead atoms. The van der Waals surface area contributed by atoms with E-state index >= 15 is 0 Å². The molecule has 2 amide bonds. The molecule has 0 aromatic carbocycles. The van der Waals surface area contributed by atoms with Gasteiger partial charge in [0.2, 0.25) is 11.8 Å². The van der Waals surface area contributed by atoms with Crippen LogP contribution in [0.4, 0.5) is 11.5 Å². The van der Waals surface area contributed by atoms with Gasteiger partial charge in [0.1, 0.15) is 5.82 Å². The second kappa shape index (κ2) is 8.35. The Morgan fingerprint density at radius 2 is 2.04 bits per heavy atom. The van der Waals surface area contributed by atoms with Gasteiger partial charge in [-0.1, -0.05) is 6.07 Å². The monoisotopic (exact) mass is 381 g/mol. The predicted octanol–water partition coefficient (Wildman–Crippen LogP) is 1.30. The van der Waals surface area contributed by atoms with Crippen molar-refractivity contribution in [2.45, 2.75) is 13.0 Å². The molecule has 2 aromatic rings. The first kappa shape index (κ1) is 18.4. The number of likely N-dealkylation sites (tertiary alicyclic amines) is 1. The Balaban J connectivity index is 1.33. The molecule has 0 spiro atoms. The maximum absolute atomic E-state index is 12.6. The van der Waals surface area contributed by atoms with Crippen LogP contribution in [0.15, 0.2) is 42.7 Å². The number of anilines is 2. The summed E-state index contributed by atoms with van der Waals surface area (Å²) in [6.07, 6.45) is 3.58. The molecule has 8 heteroatoms. The number of nitrogens with zero attached hydrogens (tertiary/aromatic N) is 4. The van der Waals surface area contributed by atoms with E-state index in [1.165, 1.54) is 0 Å². The van der Waals surface area contributed by atoms with Crippen LogP contribution < -0.4 is 10.2 Å². The molecule has 8 nitrogen and oxygen atoms in total. The topological polar surface area (TPSA) is 87.7 Å². The van der Waals surface area contributed by atoms with Gasteiger partial charge in [0.05, 0.1) is 43.3 Å². The van der Waals surface area contributed by atoms with Crippen LogP contribution in [0.25, 0.3) is 0 Å². The molecule has 2 aliphatic heterocycles. The van der Waals surface area contributed by atoms with Crippen LogP contribution in [0.3, 0.4) is 0 Å². The zero-order valence-electron chi connectivity index (χ0n) is 15.6.